The summed E-state index contributed by atoms with van der Waals surface area (Å²) >= 11 is 0. The van der Waals surface area contributed by atoms with Crippen LogP contribution in [-0.2, 0) is 4.79 Å². The molecule has 0 spiro atoms. The summed E-state index contributed by atoms with van der Waals surface area (Å²) in [5.41, 5.74) is 5.19. The van der Waals surface area contributed by atoms with E-state index in [-0.39, 0.29) is 12.8 Å². The number of carboxylic acid groups (broad SMARTS) is 1. The van der Waals surface area contributed by atoms with Crippen LogP contribution in [0.2, 0.25) is 0 Å². The first kappa shape index (κ1) is 17.3. The van der Waals surface area contributed by atoms with Crippen molar-refractivity contribution in [3.05, 3.63) is 60.4 Å². The molecule has 0 saturated heterocycles. The van der Waals surface area contributed by atoms with Crippen LogP contribution in [0.15, 0.2) is 60.0 Å². The Morgan fingerprint density at radius 2 is 1.88 bits per heavy atom. The van der Waals surface area contributed by atoms with Gasteiger partial charge in [0.2, 0.25) is 0 Å². The smallest absolute Gasteiger partial charge is 0.303 e. The molecular weight excluding hydrogens is 332 g/mol. The normalized spacial score (nSPS) is 11.3. The van der Waals surface area contributed by atoms with Crippen LogP contribution in [-0.4, -0.2) is 33.9 Å². The van der Waals surface area contributed by atoms with Gasteiger partial charge in [-0.2, -0.15) is 5.10 Å². The van der Waals surface area contributed by atoms with Crippen molar-refractivity contribution in [2.75, 3.05) is 12.5 Å². The highest BCUT2D eigenvalue weighted by molar-refractivity contribution is 6.02. The van der Waals surface area contributed by atoms with Crippen molar-refractivity contribution >= 4 is 28.4 Å². The van der Waals surface area contributed by atoms with Gasteiger partial charge in [-0.05, 0) is 42.0 Å². The van der Waals surface area contributed by atoms with E-state index in [0.717, 1.165) is 22.2 Å². The maximum absolute atomic E-state index is 11.0. The van der Waals surface area contributed by atoms with Crippen LogP contribution in [0.4, 0.5) is 5.82 Å². The Kier molecular flexibility index (Phi) is 5.38. The van der Waals surface area contributed by atoms with Crippen molar-refractivity contribution in [2.45, 2.75) is 12.8 Å². The minimum atomic E-state index is -0.876. The summed E-state index contributed by atoms with van der Waals surface area (Å²) in [5.74, 6) is 0.414. The lowest BCUT2D eigenvalue weighted by Crippen LogP contribution is -2.08. The molecule has 3 rings (SSSR count). The van der Waals surface area contributed by atoms with E-state index in [1.54, 1.807) is 7.11 Å². The number of hydrazone groups is 1. The SMILES string of the molecule is COc1ccc(/C(CCC(=O)O)=N/Nc2ncnc3ccccc23)cc1. The standard InChI is InChI=1S/C19H18N4O3/c1-26-14-8-6-13(7-9-14)16(10-11-18(24)25)22-23-19-15-4-2-3-5-17(15)20-12-21-19/h2-9,12H,10-11H2,1H3,(H,24,25)(H,20,21,23)/b22-16+. The van der Waals surface area contributed by atoms with Gasteiger partial charge in [-0.3, -0.25) is 10.2 Å². The first-order valence-electron chi connectivity index (χ1n) is 8.06. The zero-order valence-corrected chi connectivity index (χ0v) is 14.2. The summed E-state index contributed by atoms with van der Waals surface area (Å²) in [6, 6.07) is 14.9. The average molecular weight is 350 g/mol. The number of para-hydroxylation sites is 1. The molecule has 0 saturated carbocycles. The van der Waals surface area contributed by atoms with Gasteiger partial charge in [0.15, 0.2) is 5.82 Å². The van der Waals surface area contributed by atoms with Gasteiger partial charge in [0.05, 0.1) is 24.8 Å². The van der Waals surface area contributed by atoms with Crippen LogP contribution >= 0.6 is 0 Å². The largest absolute Gasteiger partial charge is 0.497 e. The quantitative estimate of drug-likeness (QED) is 0.501. The third kappa shape index (κ3) is 4.13. The number of nitrogens with one attached hydrogen (secondary N) is 1. The molecule has 0 unspecified atom stereocenters. The molecule has 7 nitrogen and oxygen atoms in total. The zero-order valence-electron chi connectivity index (χ0n) is 14.2. The molecule has 7 heteroatoms. The first-order valence-corrected chi connectivity index (χ1v) is 8.06. The number of ether oxygens (including phenoxy) is 1. The van der Waals surface area contributed by atoms with Crippen molar-refractivity contribution in [2.24, 2.45) is 5.10 Å². The molecule has 2 N–H and O–H groups in total. The van der Waals surface area contributed by atoms with E-state index in [2.05, 4.69) is 20.5 Å². The number of methoxy groups -OCH3 is 1. The van der Waals surface area contributed by atoms with Gasteiger partial charge in [0, 0.05) is 11.8 Å². The highest BCUT2D eigenvalue weighted by Crippen LogP contribution is 2.19. The number of aromatic nitrogens is 2. The van der Waals surface area contributed by atoms with Gasteiger partial charge >= 0.3 is 5.97 Å². The second-order valence-corrected chi connectivity index (χ2v) is 5.53. The second-order valence-electron chi connectivity index (χ2n) is 5.53. The molecule has 3 aromatic rings. The van der Waals surface area contributed by atoms with Crippen LogP contribution in [0, 0.1) is 0 Å². The van der Waals surface area contributed by atoms with Crippen LogP contribution in [0.25, 0.3) is 10.9 Å². The van der Waals surface area contributed by atoms with E-state index >= 15 is 0 Å². The number of anilines is 1. The summed E-state index contributed by atoms with van der Waals surface area (Å²) in [7, 11) is 1.59. The van der Waals surface area contributed by atoms with E-state index in [1.807, 2.05) is 48.5 Å². The Bertz CT molecular complexity index is 934. The number of fused-ring (bicyclic) bond motifs is 1. The maximum Gasteiger partial charge on any atom is 0.303 e. The number of aliphatic carboxylic acids is 1. The highest BCUT2D eigenvalue weighted by Gasteiger charge is 2.09. The Morgan fingerprint density at radius 3 is 2.62 bits per heavy atom. The van der Waals surface area contributed by atoms with Gasteiger partial charge < -0.3 is 9.84 Å². The third-order valence-electron chi connectivity index (χ3n) is 3.84. The van der Waals surface area contributed by atoms with E-state index in [1.165, 1.54) is 6.33 Å². The molecule has 132 valence electrons. The lowest BCUT2D eigenvalue weighted by molar-refractivity contribution is -0.136. The second kappa shape index (κ2) is 8.06. The number of carboxylic acids is 1. The van der Waals surface area contributed by atoms with Crippen LogP contribution in [0.5, 0.6) is 5.75 Å². The summed E-state index contributed by atoms with van der Waals surface area (Å²) in [6.45, 7) is 0. The van der Waals surface area contributed by atoms with Crippen molar-refractivity contribution in [1.82, 2.24) is 9.97 Å². The van der Waals surface area contributed by atoms with E-state index < -0.39 is 5.97 Å². The fourth-order valence-corrected chi connectivity index (χ4v) is 2.49. The van der Waals surface area contributed by atoms with Crippen molar-refractivity contribution < 1.29 is 14.6 Å². The monoisotopic (exact) mass is 350 g/mol. The molecule has 26 heavy (non-hydrogen) atoms. The van der Waals surface area contributed by atoms with Gasteiger partial charge in [-0.15, -0.1) is 0 Å². The highest BCUT2D eigenvalue weighted by atomic mass is 16.5. The predicted molar refractivity (Wildman–Crippen MR) is 99.6 cm³/mol. The molecule has 0 atom stereocenters. The molecule has 0 aliphatic rings. The molecule has 0 aliphatic carbocycles. The minimum Gasteiger partial charge on any atom is -0.497 e. The average Bonchev–Trinajstić information content (AvgIpc) is 2.68. The van der Waals surface area contributed by atoms with Gasteiger partial charge in [0.1, 0.15) is 12.1 Å². The van der Waals surface area contributed by atoms with Crippen LogP contribution in [0.3, 0.4) is 0 Å². The minimum absolute atomic E-state index is 0.0168. The molecule has 1 aromatic heterocycles. The number of nitrogens with zero attached hydrogens (tertiary/aromatic N) is 3. The zero-order chi connectivity index (χ0) is 18.4. The summed E-state index contributed by atoms with van der Waals surface area (Å²) in [5, 5.41) is 14.3. The Hall–Kier alpha value is -3.48. The number of hydrogen-bond acceptors (Lipinski definition) is 6. The van der Waals surface area contributed by atoms with Crippen molar-refractivity contribution in [3.8, 4) is 5.75 Å². The van der Waals surface area contributed by atoms with Gasteiger partial charge in [-0.25, -0.2) is 9.97 Å². The predicted octanol–water partition coefficient (Wildman–Crippen LogP) is 3.32. The molecule has 0 bridgehead atoms. The fraction of sp³-hybridized carbons (Fsp3) is 0.158. The van der Waals surface area contributed by atoms with Crippen LogP contribution < -0.4 is 10.2 Å². The number of benzene rings is 2. The Morgan fingerprint density at radius 1 is 1.12 bits per heavy atom. The Balaban J connectivity index is 1.90. The molecular formula is C19H18N4O3. The lowest BCUT2D eigenvalue weighted by Gasteiger charge is -2.09. The molecule has 1 heterocycles. The summed E-state index contributed by atoms with van der Waals surface area (Å²) in [4.78, 5) is 19.4. The molecule has 0 amide bonds. The summed E-state index contributed by atoms with van der Waals surface area (Å²) in [6.07, 6.45) is 1.74. The number of rotatable bonds is 7. The molecule has 2 aromatic carbocycles. The topological polar surface area (TPSA) is 96.7 Å². The van der Waals surface area contributed by atoms with Gasteiger partial charge in [-0.1, -0.05) is 12.1 Å². The maximum atomic E-state index is 11.0. The van der Waals surface area contributed by atoms with Crippen molar-refractivity contribution in [3.63, 3.8) is 0 Å². The first-order chi connectivity index (χ1) is 12.7. The van der Waals surface area contributed by atoms with E-state index in [4.69, 9.17) is 9.84 Å². The number of hydrogen-bond donors (Lipinski definition) is 2. The molecule has 0 aliphatic heterocycles. The van der Waals surface area contributed by atoms with E-state index in [0.29, 0.717) is 11.5 Å². The third-order valence-corrected chi connectivity index (χ3v) is 3.84. The molecule has 0 radical (unpaired) electrons. The van der Waals surface area contributed by atoms with E-state index in [9.17, 15) is 4.79 Å². The Labute approximate surface area is 150 Å². The molecule has 0 fully saturated rings. The van der Waals surface area contributed by atoms with Crippen molar-refractivity contribution in [1.29, 1.82) is 0 Å². The summed E-state index contributed by atoms with van der Waals surface area (Å²) < 4.78 is 5.16. The lowest BCUT2D eigenvalue weighted by atomic mass is 10.1. The number of carbonyl (C=O) groups is 1. The van der Waals surface area contributed by atoms with Crippen LogP contribution in [0.1, 0.15) is 18.4 Å². The van der Waals surface area contributed by atoms with Gasteiger partial charge in [0.25, 0.3) is 0 Å². The fourth-order valence-electron chi connectivity index (χ4n) is 2.49.